The molecule has 2 aromatic carbocycles. The smallest absolute Gasteiger partial charge is 0.251 e. The molecule has 0 radical (unpaired) electrons. The molecule has 0 aliphatic rings. The van der Waals surface area contributed by atoms with Crippen LogP contribution in [0.15, 0.2) is 54.6 Å². The Labute approximate surface area is 130 Å². The number of hydrogen-bond donors (Lipinski definition) is 2. The van der Waals surface area contributed by atoms with Crippen LogP contribution in [-0.2, 0) is 11.3 Å². The van der Waals surface area contributed by atoms with Gasteiger partial charge in [-0.05, 0) is 31.5 Å². The van der Waals surface area contributed by atoms with E-state index >= 15 is 0 Å². The molecule has 2 N–H and O–H groups in total. The molecule has 1 unspecified atom stereocenters. The van der Waals surface area contributed by atoms with Crippen LogP contribution in [0.25, 0.3) is 0 Å². The molecule has 0 bridgehead atoms. The van der Waals surface area contributed by atoms with Gasteiger partial charge in [0.2, 0.25) is 5.91 Å². The number of carbonyl (C=O) groups excluding carboxylic acids is 2. The quantitative estimate of drug-likeness (QED) is 0.890. The van der Waals surface area contributed by atoms with E-state index in [9.17, 15) is 9.59 Å². The fourth-order valence-corrected chi connectivity index (χ4v) is 1.98. The second-order valence-corrected chi connectivity index (χ2v) is 5.26. The van der Waals surface area contributed by atoms with Crippen molar-refractivity contribution in [1.29, 1.82) is 0 Å². The van der Waals surface area contributed by atoms with Crippen molar-refractivity contribution in [1.82, 2.24) is 10.6 Å². The lowest BCUT2D eigenvalue weighted by atomic mass is 10.1. The number of amides is 2. The van der Waals surface area contributed by atoms with Gasteiger partial charge in [0.1, 0.15) is 6.04 Å². The number of benzene rings is 2. The molecule has 0 aromatic heterocycles. The lowest BCUT2D eigenvalue weighted by Gasteiger charge is -2.14. The molecule has 114 valence electrons. The average molecular weight is 296 g/mol. The normalized spacial score (nSPS) is 11.5. The van der Waals surface area contributed by atoms with E-state index in [0.717, 1.165) is 5.56 Å². The summed E-state index contributed by atoms with van der Waals surface area (Å²) >= 11 is 0. The maximum absolute atomic E-state index is 12.0. The molecular formula is C18H20N2O2. The van der Waals surface area contributed by atoms with Gasteiger partial charge >= 0.3 is 0 Å². The highest BCUT2D eigenvalue weighted by atomic mass is 16.2. The maximum Gasteiger partial charge on any atom is 0.251 e. The van der Waals surface area contributed by atoms with Gasteiger partial charge in [-0.2, -0.15) is 0 Å². The molecular weight excluding hydrogens is 276 g/mol. The Kier molecular flexibility index (Phi) is 5.31. The van der Waals surface area contributed by atoms with Crippen molar-refractivity contribution in [2.24, 2.45) is 0 Å². The van der Waals surface area contributed by atoms with Gasteiger partial charge in [-0.15, -0.1) is 0 Å². The fraction of sp³-hybridized carbons (Fsp3) is 0.222. The third-order valence-electron chi connectivity index (χ3n) is 3.36. The summed E-state index contributed by atoms with van der Waals surface area (Å²) in [6.45, 7) is 4.14. The molecule has 2 aromatic rings. The van der Waals surface area contributed by atoms with Gasteiger partial charge in [-0.3, -0.25) is 9.59 Å². The molecule has 4 heteroatoms. The van der Waals surface area contributed by atoms with Crippen LogP contribution >= 0.6 is 0 Å². The monoisotopic (exact) mass is 296 g/mol. The van der Waals surface area contributed by atoms with Gasteiger partial charge < -0.3 is 10.6 Å². The molecule has 2 rings (SSSR count). The summed E-state index contributed by atoms with van der Waals surface area (Å²) in [6, 6.07) is 16.2. The minimum absolute atomic E-state index is 0.204. The van der Waals surface area contributed by atoms with Crippen LogP contribution in [0.1, 0.15) is 28.4 Å². The Morgan fingerprint density at radius 3 is 2.27 bits per heavy atom. The molecule has 0 fully saturated rings. The zero-order valence-electron chi connectivity index (χ0n) is 12.8. The van der Waals surface area contributed by atoms with Crippen LogP contribution in [0.3, 0.4) is 0 Å². The predicted octanol–water partition coefficient (Wildman–Crippen LogP) is 2.43. The Balaban J connectivity index is 1.84. The van der Waals surface area contributed by atoms with Crippen LogP contribution in [0.5, 0.6) is 0 Å². The minimum atomic E-state index is -0.585. The topological polar surface area (TPSA) is 58.2 Å². The Morgan fingerprint density at radius 2 is 1.64 bits per heavy atom. The number of aryl methyl sites for hydroxylation is 1. The highest BCUT2D eigenvalue weighted by Gasteiger charge is 2.15. The largest absolute Gasteiger partial charge is 0.350 e. The SMILES string of the molecule is Cc1ccc(CNC(=O)C(C)NC(=O)c2ccccc2)cc1. The summed E-state index contributed by atoms with van der Waals surface area (Å²) in [5.41, 5.74) is 2.75. The number of carbonyl (C=O) groups is 2. The molecule has 0 aliphatic carbocycles. The van der Waals surface area contributed by atoms with Crippen molar-refractivity contribution in [3.8, 4) is 0 Å². The van der Waals surface area contributed by atoms with E-state index in [1.807, 2.05) is 37.3 Å². The second-order valence-electron chi connectivity index (χ2n) is 5.26. The number of hydrogen-bond acceptors (Lipinski definition) is 2. The number of rotatable bonds is 5. The standard InChI is InChI=1S/C18H20N2O2/c1-13-8-10-15(11-9-13)12-19-17(21)14(2)20-18(22)16-6-4-3-5-7-16/h3-11,14H,12H2,1-2H3,(H,19,21)(H,20,22). The minimum Gasteiger partial charge on any atom is -0.350 e. The summed E-state index contributed by atoms with van der Waals surface area (Å²) in [6.07, 6.45) is 0. The van der Waals surface area contributed by atoms with Crippen molar-refractivity contribution < 1.29 is 9.59 Å². The maximum atomic E-state index is 12.0. The summed E-state index contributed by atoms with van der Waals surface area (Å²) in [5.74, 6) is -0.455. The first-order valence-electron chi connectivity index (χ1n) is 7.25. The Hall–Kier alpha value is -2.62. The van der Waals surface area contributed by atoms with E-state index in [0.29, 0.717) is 12.1 Å². The van der Waals surface area contributed by atoms with Gasteiger partial charge in [0.15, 0.2) is 0 Å². The molecule has 4 nitrogen and oxygen atoms in total. The van der Waals surface area contributed by atoms with Crippen LogP contribution in [-0.4, -0.2) is 17.9 Å². The van der Waals surface area contributed by atoms with Gasteiger partial charge in [-0.25, -0.2) is 0 Å². The van der Waals surface area contributed by atoms with Gasteiger partial charge in [-0.1, -0.05) is 48.0 Å². The third-order valence-corrected chi connectivity index (χ3v) is 3.36. The fourth-order valence-electron chi connectivity index (χ4n) is 1.98. The van der Waals surface area contributed by atoms with Crippen LogP contribution in [0, 0.1) is 6.92 Å². The lowest BCUT2D eigenvalue weighted by molar-refractivity contribution is -0.122. The predicted molar refractivity (Wildman–Crippen MR) is 86.4 cm³/mol. The molecule has 1 atom stereocenters. The summed E-state index contributed by atoms with van der Waals surface area (Å²) in [4.78, 5) is 24.0. The number of nitrogens with one attached hydrogen (secondary N) is 2. The molecule has 0 spiro atoms. The zero-order chi connectivity index (χ0) is 15.9. The lowest BCUT2D eigenvalue weighted by Crippen LogP contribution is -2.44. The molecule has 0 aliphatic heterocycles. The van der Waals surface area contributed by atoms with Crippen molar-refractivity contribution in [3.63, 3.8) is 0 Å². The van der Waals surface area contributed by atoms with Crippen molar-refractivity contribution >= 4 is 11.8 Å². The van der Waals surface area contributed by atoms with Crippen LogP contribution in [0.2, 0.25) is 0 Å². The highest BCUT2D eigenvalue weighted by Crippen LogP contribution is 2.03. The average Bonchev–Trinajstić information content (AvgIpc) is 2.54. The second kappa shape index (κ2) is 7.41. The molecule has 0 heterocycles. The van der Waals surface area contributed by atoms with E-state index in [4.69, 9.17) is 0 Å². The van der Waals surface area contributed by atoms with E-state index in [1.165, 1.54) is 5.56 Å². The first kappa shape index (κ1) is 15.8. The van der Waals surface area contributed by atoms with E-state index in [-0.39, 0.29) is 11.8 Å². The molecule has 22 heavy (non-hydrogen) atoms. The first-order chi connectivity index (χ1) is 10.6. The van der Waals surface area contributed by atoms with E-state index < -0.39 is 6.04 Å². The van der Waals surface area contributed by atoms with E-state index in [1.54, 1.807) is 31.2 Å². The van der Waals surface area contributed by atoms with E-state index in [2.05, 4.69) is 10.6 Å². The van der Waals surface area contributed by atoms with Crippen LogP contribution < -0.4 is 10.6 Å². The summed E-state index contributed by atoms with van der Waals surface area (Å²) < 4.78 is 0. The van der Waals surface area contributed by atoms with Crippen LogP contribution in [0.4, 0.5) is 0 Å². The zero-order valence-corrected chi connectivity index (χ0v) is 12.8. The summed E-state index contributed by atoms with van der Waals surface area (Å²) in [7, 11) is 0. The molecule has 2 amide bonds. The first-order valence-corrected chi connectivity index (χ1v) is 7.25. The van der Waals surface area contributed by atoms with Crippen molar-refractivity contribution in [2.45, 2.75) is 26.4 Å². The molecule has 0 saturated carbocycles. The van der Waals surface area contributed by atoms with Crippen molar-refractivity contribution in [3.05, 3.63) is 71.3 Å². The summed E-state index contributed by atoms with van der Waals surface area (Å²) in [5, 5.41) is 5.51. The Bertz CT molecular complexity index is 636. The highest BCUT2D eigenvalue weighted by molar-refractivity contribution is 5.97. The Morgan fingerprint density at radius 1 is 1.00 bits per heavy atom. The van der Waals surface area contributed by atoms with Gasteiger partial charge in [0.05, 0.1) is 0 Å². The van der Waals surface area contributed by atoms with Gasteiger partial charge in [0.25, 0.3) is 5.91 Å². The third kappa shape index (κ3) is 4.45. The van der Waals surface area contributed by atoms with Gasteiger partial charge in [0, 0.05) is 12.1 Å². The van der Waals surface area contributed by atoms with Crippen molar-refractivity contribution in [2.75, 3.05) is 0 Å². The molecule has 0 saturated heterocycles.